The standard InChI is InChI=1S/C17H17F2N3O2/c1-22(9-11-3-2-4-12(5-11)17(20)24)10-16(23)21-15-7-13(18)6-14(19)8-15/h2-8H,9-10H2,1H3,(H2,20,24)(H,21,23). The van der Waals surface area contributed by atoms with Crippen LogP contribution >= 0.6 is 0 Å². The van der Waals surface area contributed by atoms with E-state index < -0.39 is 23.4 Å². The second kappa shape index (κ2) is 7.65. The topological polar surface area (TPSA) is 75.4 Å². The number of hydrogen-bond acceptors (Lipinski definition) is 3. The number of carbonyl (C=O) groups excluding carboxylic acids is 2. The fourth-order valence-electron chi connectivity index (χ4n) is 2.26. The van der Waals surface area contributed by atoms with Crippen molar-refractivity contribution in [3.05, 3.63) is 65.2 Å². The second-order valence-electron chi connectivity index (χ2n) is 5.44. The molecule has 2 rings (SSSR count). The van der Waals surface area contributed by atoms with Gasteiger partial charge in [-0.15, -0.1) is 0 Å². The highest BCUT2D eigenvalue weighted by Gasteiger charge is 2.10. The molecule has 0 unspecified atom stereocenters. The molecule has 0 saturated carbocycles. The fraction of sp³-hybridized carbons (Fsp3) is 0.176. The molecule has 0 spiro atoms. The molecule has 3 N–H and O–H groups in total. The van der Waals surface area contributed by atoms with Gasteiger partial charge in [-0.05, 0) is 36.9 Å². The molecule has 0 aliphatic rings. The molecule has 0 radical (unpaired) electrons. The van der Waals surface area contributed by atoms with Crippen LogP contribution < -0.4 is 11.1 Å². The maximum atomic E-state index is 13.1. The smallest absolute Gasteiger partial charge is 0.248 e. The number of hydrogen-bond donors (Lipinski definition) is 2. The summed E-state index contributed by atoms with van der Waals surface area (Å²) in [5.74, 6) is -2.46. The number of halogens is 2. The summed E-state index contributed by atoms with van der Waals surface area (Å²) in [7, 11) is 1.71. The Morgan fingerprint density at radius 1 is 1.12 bits per heavy atom. The van der Waals surface area contributed by atoms with E-state index in [9.17, 15) is 18.4 Å². The Hall–Kier alpha value is -2.80. The molecule has 5 nitrogen and oxygen atoms in total. The zero-order valence-electron chi connectivity index (χ0n) is 13.1. The van der Waals surface area contributed by atoms with Gasteiger partial charge in [0.25, 0.3) is 0 Å². The number of nitrogens with two attached hydrogens (primary N) is 1. The molecule has 0 saturated heterocycles. The van der Waals surface area contributed by atoms with Gasteiger partial charge in [-0.2, -0.15) is 0 Å². The first-order valence-electron chi connectivity index (χ1n) is 7.17. The minimum atomic E-state index is -0.762. The predicted octanol–water partition coefficient (Wildman–Crippen LogP) is 2.13. The Balaban J connectivity index is 1.94. The summed E-state index contributed by atoms with van der Waals surface area (Å²) in [5.41, 5.74) is 6.49. The Labute approximate surface area is 138 Å². The lowest BCUT2D eigenvalue weighted by Crippen LogP contribution is -2.30. The summed E-state index contributed by atoms with van der Waals surface area (Å²) < 4.78 is 26.2. The molecule has 0 aromatic heterocycles. The van der Waals surface area contributed by atoms with Crippen molar-refractivity contribution in [1.29, 1.82) is 0 Å². The van der Waals surface area contributed by atoms with Crippen molar-refractivity contribution in [3.8, 4) is 0 Å². The maximum Gasteiger partial charge on any atom is 0.248 e. The van der Waals surface area contributed by atoms with Crippen molar-refractivity contribution in [2.75, 3.05) is 18.9 Å². The van der Waals surface area contributed by atoms with Crippen LogP contribution in [0.3, 0.4) is 0 Å². The van der Waals surface area contributed by atoms with E-state index in [-0.39, 0.29) is 12.2 Å². The summed E-state index contributed by atoms with van der Waals surface area (Å²) >= 11 is 0. The van der Waals surface area contributed by atoms with E-state index in [4.69, 9.17) is 5.73 Å². The Bertz CT molecular complexity index is 745. The lowest BCUT2D eigenvalue weighted by atomic mass is 10.1. The van der Waals surface area contributed by atoms with Crippen molar-refractivity contribution in [2.24, 2.45) is 5.73 Å². The first kappa shape index (κ1) is 17.6. The normalized spacial score (nSPS) is 10.7. The van der Waals surface area contributed by atoms with Gasteiger partial charge >= 0.3 is 0 Å². The summed E-state index contributed by atoms with van der Waals surface area (Å²) in [6.45, 7) is 0.422. The molecule has 0 bridgehead atoms. The van der Waals surface area contributed by atoms with Gasteiger partial charge in [0.2, 0.25) is 11.8 Å². The number of rotatable bonds is 6. The van der Waals surface area contributed by atoms with E-state index >= 15 is 0 Å². The van der Waals surface area contributed by atoms with Crippen molar-refractivity contribution >= 4 is 17.5 Å². The SMILES string of the molecule is CN(CC(=O)Nc1cc(F)cc(F)c1)Cc1cccc(C(N)=O)c1. The van der Waals surface area contributed by atoms with Gasteiger partial charge in [0.05, 0.1) is 6.54 Å². The Morgan fingerprint density at radius 2 is 1.79 bits per heavy atom. The van der Waals surface area contributed by atoms with Gasteiger partial charge < -0.3 is 11.1 Å². The first-order valence-corrected chi connectivity index (χ1v) is 7.17. The molecule has 0 aliphatic heterocycles. The number of amides is 2. The van der Waals surface area contributed by atoms with Gasteiger partial charge in [-0.1, -0.05) is 12.1 Å². The van der Waals surface area contributed by atoms with Gasteiger partial charge in [0, 0.05) is 23.9 Å². The number of benzene rings is 2. The molecule has 24 heavy (non-hydrogen) atoms. The largest absolute Gasteiger partial charge is 0.366 e. The van der Waals surface area contributed by atoms with Gasteiger partial charge in [0.15, 0.2) is 0 Å². The second-order valence-corrected chi connectivity index (χ2v) is 5.44. The fourth-order valence-corrected chi connectivity index (χ4v) is 2.26. The predicted molar refractivity (Wildman–Crippen MR) is 86.3 cm³/mol. The number of anilines is 1. The first-order chi connectivity index (χ1) is 11.3. The molecule has 0 heterocycles. The number of primary amides is 1. The average Bonchev–Trinajstić information content (AvgIpc) is 2.45. The number of likely N-dealkylation sites (N-methyl/N-ethyl adjacent to an activating group) is 1. The summed E-state index contributed by atoms with van der Waals surface area (Å²) in [4.78, 5) is 24.8. The molecule has 2 amide bonds. The zero-order valence-corrected chi connectivity index (χ0v) is 13.1. The molecular weight excluding hydrogens is 316 g/mol. The van der Waals surface area contributed by atoms with Crippen LogP contribution in [0.25, 0.3) is 0 Å². The minimum Gasteiger partial charge on any atom is -0.366 e. The Morgan fingerprint density at radius 3 is 2.42 bits per heavy atom. The van der Waals surface area contributed by atoms with Crippen LogP contribution in [0.2, 0.25) is 0 Å². The van der Waals surface area contributed by atoms with Crippen LogP contribution in [0, 0.1) is 11.6 Å². The van der Waals surface area contributed by atoms with Crippen LogP contribution in [-0.2, 0) is 11.3 Å². The molecular formula is C17H17F2N3O2. The average molecular weight is 333 g/mol. The highest BCUT2D eigenvalue weighted by atomic mass is 19.1. The number of nitrogens with zero attached hydrogens (tertiary/aromatic N) is 1. The third kappa shape index (κ3) is 5.13. The molecule has 0 fully saturated rings. The van der Waals surface area contributed by atoms with E-state index in [1.54, 1.807) is 30.1 Å². The highest BCUT2D eigenvalue weighted by molar-refractivity contribution is 5.93. The van der Waals surface area contributed by atoms with E-state index in [0.717, 1.165) is 23.8 Å². The van der Waals surface area contributed by atoms with Crippen molar-refractivity contribution in [2.45, 2.75) is 6.54 Å². The zero-order chi connectivity index (χ0) is 17.7. The quantitative estimate of drug-likeness (QED) is 0.850. The molecule has 0 atom stereocenters. The van der Waals surface area contributed by atoms with Crippen LogP contribution in [0.4, 0.5) is 14.5 Å². The van der Waals surface area contributed by atoms with Crippen LogP contribution in [-0.4, -0.2) is 30.3 Å². The van der Waals surface area contributed by atoms with Crippen LogP contribution in [0.1, 0.15) is 15.9 Å². The summed E-state index contributed by atoms with van der Waals surface area (Å²) in [5, 5.41) is 2.44. The summed E-state index contributed by atoms with van der Waals surface area (Å²) in [6.07, 6.45) is 0. The molecule has 126 valence electrons. The number of nitrogens with one attached hydrogen (secondary N) is 1. The maximum absolute atomic E-state index is 13.1. The Kier molecular flexibility index (Phi) is 5.59. The van der Waals surface area contributed by atoms with Gasteiger partial charge in [0.1, 0.15) is 11.6 Å². The summed E-state index contributed by atoms with van der Waals surface area (Å²) in [6, 6.07) is 9.58. The van der Waals surface area contributed by atoms with E-state index in [1.807, 2.05) is 6.07 Å². The molecule has 2 aromatic rings. The third-order valence-electron chi connectivity index (χ3n) is 3.22. The van der Waals surface area contributed by atoms with Crippen LogP contribution in [0.15, 0.2) is 42.5 Å². The van der Waals surface area contributed by atoms with Gasteiger partial charge in [-0.25, -0.2) is 8.78 Å². The molecule has 2 aromatic carbocycles. The minimum absolute atomic E-state index is 0.0128. The van der Waals surface area contributed by atoms with Crippen LogP contribution in [0.5, 0.6) is 0 Å². The van der Waals surface area contributed by atoms with E-state index in [1.165, 1.54) is 0 Å². The van der Waals surface area contributed by atoms with E-state index in [0.29, 0.717) is 12.1 Å². The molecule has 7 heteroatoms. The van der Waals surface area contributed by atoms with Crippen molar-refractivity contribution in [1.82, 2.24) is 4.90 Å². The lowest BCUT2D eigenvalue weighted by Gasteiger charge is -2.16. The third-order valence-corrected chi connectivity index (χ3v) is 3.22. The monoisotopic (exact) mass is 333 g/mol. The van der Waals surface area contributed by atoms with Crippen molar-refractivity contribution < 1.29 is 18.4 Å². The van der Waals surface area contributed by atoms with Crippen molar-refractivity contribution in [3.63, 3.8) is 0 Å². The number of carbonyl (C=O) groups is 2. The lowest BCUT2D eigenvalue weighted by molar-refractivity contribution is -0.117. The molecule has 0 aliphatic carbocycles. The van der Waals surface area contributed by atoms with E-state index in [2.05, 4.69) is 5.32 Å². The highest BCUT2D eigenvalue weighted by Crippen LogP contribution is 2.13. The van der Waals surface area contributed by atoms with Gasteiger partial charge in [-0.3, -0.25) is 14.5 Å².